The number of esters is 1. The molecule has 0 bridgehead atoms. The van der Waals surface area contributed by atoms with Crippen LogP contribution in [0.15, 0.2) is 24.3 Å². The fourth-order valence-electron chi connectivity index (χ4n) is 4.27. The number of hydrogen-bond acceptors (Lipinski definition) is 5. The first-order valence-corrected chi connectivity index (χ1v) is 10.3. The number of amides is 1. The molecule has 1 amide bonds. The van der Waals surface area contributed by atoms with Crippen LogP contribution in [0.4, 0.5) is 0 Å². The molecule has 0 unspecified atom stereocenters. The van der Waals surface area contributed by atoms with E-state index in [1.54, 1.807) is 19.1 Å². The lowest BCUT2D eigenvalue weighted by Crippen LogP contribution is -2.34. The van der Waals surface area contributed by atoms with Crippen molar-refractivity contribution in [1.29, 1.82) is 0 Å². The van der Waals surface area contributed by atoms with E-state index in [9.17, 15) is 9.59 Å². The number of likely N-dealkylation sites (tertiary alicyclic amines) is 1. The van der Waals surface area contributed by atoms with Gasteiger partial charge in [0.2, 0.25) is 0 Å². The van der Waals surface area contributed by atoms with Crippen molar-refractivity contribution in [3.8, 4) is 11.5 Å². The molecule has 2 heterocycles. The van der Waals surface area contributed by atoms with Crippen molar-refractivity contribution < 1.29 is 23.8 Å². The largest absolute Gasteiger partial charge is 0.497 e. The second-order valence-electron chi connectivity index (χ2n) is 7.46. The first-order valence-electron chi connectivity index (χ1n) is 10.3. The van der Waals surface area contributed by atoms with Crippen LogP contribution >= 0.6 is 0 Å². The molecule has 1 aliphatic heterocycles. The van der Waals surface area contributed by atoms with E-state index in [0.29, 0.717) is 23.6 Å². The van der Waals surface area contributed by atoms with E-state index in [4.69, 9.17) is 14.2 Å². The molecule has 0 saturated carbocycles. The first-order chi connectivity index (χ1) is 14.4. The smallest absolute Gasteiger partial charge is 0.340 e. The molecule has 1 atom stereocenters. The zero-order valence-corrected chi connectivity index (χ0v) is 18.4. The van der Waals surface area contributed by atoms with E-state index in [1.165, 1.54) is 0 Å². The number of nitrogens with zero attached hydrogens (tertiary/aromatic N) is 2. The lowest BCUT2D eigenvalue weighted by Gasteiger charge is -2.26. The third-order valence-electron chi connectivity index (χ3n) is 5.81. The van der Waals surface area contributed by atoms with E-state index in [-0.39, 0.29) is 18.6 Å². The summed E-state index contributed by atoms with van der Waals surface area (Å²) in [6.07, 6.45) is 1.70. The number of carbonyl (C=O) groups excluding carboxylic acids is 2. The van der Waals surface area contributed by atoms with Crippen molar-refractivity contribution in [2.24, 2.45) is 0 Å². The number of aryl methyl sites for hydroxylation is 1. The van der Waals surface area contributed by atoms with E-state index < -0.39 is 5.97 Å². The topological polar surface area (TPSA) is 70.0 Å². The predicted molar refractivity (Wildman–Crippen MR) is 113 cm³/mol. The normalized spacial score (nSPS) is 15.9. The molecule has 162 valence electrons. The van der Waals surface area contributed by atoms with Crippen LogP contribution in [0.3, 0.4) is 0 Å². The molecule has 3 rings (SSSR count). The van der Waals surface area contributed by atoms with Gasteiger partial charge in [0.1, 0.15) is 11.5 Å². The third kappa shape index (κ3) is 4.15. The van der Waals surface area contributed by atoms with Crippen LogP contribution in [0.5, 0.6) is 11.5 Å². The van der Waals surface area contributed by atoms with Crippen molar-refractivity contribution in [2.45, 2.75) is 46.2 Å². The standard InChI is InChI=1S/C23H30N2O5/c1-6-24-15(2)12-18(16(24)3)23(27)30-14-22(26)25-11-7-8-20(25)19-13-17(28-4)9-10-21(19)29-5/h9-10,12-13,20H,6-8,11,14H2,1-5H3/t20-/m1/s1. The van der Waals surface area contributed by atoms with Crippen LogP contribution in [0.2, 0.25) is 0 Å². The average Bonchev–Trinajstić information content (AvgIpc) is 3.35. The van der Waals surface area contributed by atoms with Gasteiger partial charge in [-0.1, -0.05) is 0 Å². The summed E-state index contributed by atoms with van der Waals surface area (Å²) in [7, 11) is 3.22. The Hall–Kier alpha value is -2.96. The SMILES string of the molecule is CCn1c(C)cc(C(=O)OCC(=O)N2CCC[C@@H]2c2cc(OC)ccc2OC)c1C. The Morgan fingerprint density at radius 3 is 2.53 bits per heavy atom. The molecular formula is C23H30N2O5. The number of ether oxygens (including phenoxy) is 3. The molecule has 7 heteroatoms. The van der Waals surface area contributed by atoms with E-state index >= 15 is 0 Å². The summed E-state index contributed by atoms with van der Waals surface area (Å²) < 4.78 is 18.3. The highest BCUT2D eigenvalue weighted by molar-refractivity contribution is 5.92. The van der Waals surface area contributed by atoms with E-state index in [1.807, 2.05) is 49.6 Å². The summed E-state index contributed by atoms with van der Waals surface area (Å²) >= 11 is 0. The first kappa shape index (κ1) is 21.7. The maximum Gasteiger partial charge on any atom is 0.340 e. The lowest BCUT2D eigenvalue weighted by atomic mass is 10.0. The van der Waals surface area contributed by atoms with Gasteiger partial charge >= 0.3 is 5.97 Å². The van der Waals surface area contributed by atoms with Crippen molar-refractivity contribution in [1.82, 2.24) is 9.47 Å². The lowest BCUT2D eigenvalue weighted by molar-refractivity contribution is -0.135. The van der Waals surface area contributed by atoms with Crippen molar-refractivity contribution in [3.05, 3.63) is 46.8 Å². The monoisotopic (exact) mass is 414 g/mol. The number of rotatable bonds is 7. The Labute approximate surface area is 177 Å². The summed E-state index contributed by atoms with van der Waals surface area (Å²) in [5, 5.41) is 0. The number of hydrogen-bond donors (Lipinski definition) is 0. The van der Waals surface area contributed by atoms with Gasteiger partial charge in [-0.2, -0.15) is 0 Å². The minimum Gasteiger partial charge on any atom is -0.497 e. The fraction of sp³-hybridized carbons (Fsp3) is 0.478. The quantitative estimate of drug-likeness (QED) is 0.647. The molecule has 1 aliphatic rings. The molecule has 0 aliphatic carbocycles. The van der Waals surface area contributed by atoms with Gasteiger partial charge in [-0.3, -0.25) is 4.79 Å². The molecule has 7 nitrogen and oxygen atoms in total. The zero-order chi connectivity index (χ0) is 21.8. The fourth-order valence-corrected chi connectivity index (χ4v) is 4.27. The molecule has 1 fully saturated rings. The van der Waals surface area contributed by atoms with Gasteiger partial charge in [0.05, 0.1) is 25.8 Å². The van der Waals surface area contributed by atoms with Gasteiger partial charge < -0.3 is 23.7 Å². The van der Waals surface area contributed by atoms with Crippen molar-refractivity contribution in [3.63, 3.8) is 0 Å². The third-order valence-corrected chi connectivity index (χ3v) is 5.81. The van der Waals surface area contributed by atoms with Crippen molar-refractivity contribution in [2.75, 3.05) is 27.4 Å². The molecule has 1 saturated heterocycles. The van der Waals surface area contributed by atoms with Gasteiger partial charge in [0, 0.05) is 30.0 Å². The van der Waals surface area contributed by atoms with Gasteiger partial charge in [-0.05, 0) is 57.9 Å². The second-order valence-corrected chi connectivity index (χ2v) is 7.46. The minimum atomic E-state index is -0.467. The molecule has 0 spiro atoms. The molecule has 1 aromatic carbocycles. The van der Waals surface area contributed by atoms with Gasteiger partial charge in [0.15, 0.2) is 6.61 Å². The highest BCUT2D eigenvalue weighted by atomic mass is 16.5. The summed E-state index contributed by atoms with van der Waals surface area (Å²) in [6, 6.07) is 7.26. The van der Waals surface area contributed by atoms with Crippen LogP contribution in [-0.4, -0.2) is 48.7 Å². The Balaban J connectivity index is 1.72. The molecule has 30 heavy (non-hydrogen) atoms. The predicted octanol–water partition coefficient (Wildman–Crippen LogP) is 3.66. The molecule has 1 aromatic heterocycles. The number of aromatic nitrogens is 1. The maximum absolute atomic E-state index is 12.9. The van der Waals surface area contributed by atoms with E-state index in [0.717, 1.165) is 36.3 Å². The Morgan fingerprint density at radius 1 is 1.13 bits per heavy atom. The summed E-state index contributed by atoms with van der Waals surface area (Å²) in [6.45, 7) is 6.99. The van der Waals surface area contributed by atoms with E-state index in [2.05, 4.69) is 0 Å². The minimum absolute atomic E-state index is 0.133. The number of carbonyl (C=O) groups is 2. The summed E-state index contributed by atoms with van der Waals surface area (Å²) in [5.41, 5.74) is 3.26. The zero-order valence-electron chi connectivity index (χ0n) is 18.4. The number of benzene rings is 1. The second kappa shape index (κ2) is 9.24. The van der Waals surface area contributed by atoms with Gasteiger partial charge in [0.25, 0.3) is 5.91 Å². The Morgan fingerprint density at radius 2 is 1.90 bits per heavy atom. The van der Waals surface area contributed by atoms with Crippen LogP contribution in [-0.2, 0) is 16.1 Å². The molecule has 0 radical (unpaired) electrons. The van der Waals surface area contributed by atoms with Gasteiger partial charge in [-0.15, -0.1) is 0 Å². The highest BCUT2D eigenvalue weighted by Crippen LogP contribution is 2.38. The molecule has 2 aromatic rings. The van der Waals surface area contributed by atoms with Crippen LogP contribution in [0.25, 0.3) is 0 Å². The Bertz CT molecular complexity index is 934. The number of methoxy groups -OCH3 is 2. The molecular weight excluding hydrogens is 384 g/mol. The maximum atomic E-state index is 12.9. The van der Waals surface area contributed by atoms with Gasteiger partial charge in [-0.25, -0.2) is 4.79 Å². The van der Waals surface area contributed by atoms with Crippen LogP contribution < -0.4 is 9.47 Å². The highest BCUT2D eigenvalue weighted by Gasteiger charge is 2.33. The summed E-state index contributed by atoms with van der Waals surface area (Å²) in [4.78, 5) is 27.2. The Kier molecular flexibility index (Phi) is 6.70. The average molecular weight is 415 g/mol. The van der Waals surface area contributed by atoms with Crippen LogP contribution in [0, 0.1) is 13.8 Å². The summed E-state index contributed by atoms with van der Waals surface area (Å²) in [5.74, 6) is 0.748. The molecule has 0 N–H and O–H groups in total. The van der Waals surface area contributed by atoms with Crippen LogP contribution in [0.1, 0.15) is 53.1 Å². The van der Waals surface area contributed by atoms with Crippen molar-refractivity contribution >= 4 is 11.9 Å².